The van der Waals surface area contributed by atoms with Crippen molar-refractivity contribution in [2.75, 3.05) is 44.4 Å². The van der Waals surface area contributed by atoms with Crippen LogP contribution in [-0.2, 0) is 19.0 Å². The highest BCUT2D eigenvalue weighted by atomic mass is 16.7. The molecule has 0 saturated carbocycles. The second kappa shape index (κ2) is 8.42. The van der Waals surface area contributed by atoms with Crippen LogP contribution < -0.4 is 10.3 Å². The van der Waals surface area contributed by atoms with Crippen LogP contribution in [0, 0.1) is 10.1 Å². The topological polar surface area (TPSA) is 116 Å². The second-order valence-electron chi connectivity index (χ2n) is 6.41. The monoisotopic (exact) mass is 378 g/mol. The fourth-order valence-electron chi connectivity index (χ4n) is 3.01. The number of rotatable bonds is 6. The predicted octanol–water partition coefficient (Wildman–Crippen LogP) is 1.03. The quantitative estimate of drug-likeness (QED) is 0.447. The van der Waals surface area contributed by atoms with Gasteiger partial charge in [-0.05, 0) is 13.0 Å². The third-order valence-corrected chi connectivity index (χ3v) is 4.33. The Bertz CT molecular complexity index is 726. The highest BCUT2D eigenvalue weighted by Gasteiger charge is 2.33. The maximum absolute atomic E-state index is 11.9. The zero-order chi connectivity index (χ0) is 19.3. The molecular formula is C17H22N4O6. The summed E-state index contributed by atoms with van der Waals surface area (Å²) in [7, 11) is 0. The van der Waals surface area contributed by atoms with Crippen molar-refractivity contribution in [3.63, 3.8) is 0 Å². The molecule has 0 aliphatic carbocycles. The van der Waals surface area contributed by atoms with E-state index in [1.54, 1.807) is 19.1 Å². The minimum atomic E-state index is -0.932. The van der Waals surface area contributed by atoms with Crippen molar-refractivity contribution in [3.05, 3.63) is 33.9 Å². The van der Waals surface area contributed by atoms with Crippen molar-refractivity contribution in [1.82, 2.24) is 5.43 Å². The molecule has 2 aliphatic rings. The van der Waals surface area contributed by atoms with E-state index >= 15 is 0 Å². The lowest BCUT2D eigenvalue weighted by Crippen LogP contribution is -2.36. The molecule has 1 amide bonds. The summed E-state index contributed by atoms with van der Waals surface area (Å²) in [5, 5.41) is 15.3. The van der Waals surface area contributed by atoms with Crippen LogP contribution in [0.5, 0.6) is 0 Å². The summed E-state index contributed by atoms with van der Waals surface area (Å²) in [6.45, 7) is 4.88. The molecule has 2 heterocycles. The standard InChI is InChI=1S/C17H22N4O6/c1-17(26-8-9-27-17)11-16(22)19-18-12-13-2-3-14(15(10-13)21(23)24)20-4-6-25-7-5-20/h2-3,10,12H,4-9,11H2,1H3,(H,19,22)/b18-12-. The number of carbonyl (C=O) groups excluding carboxylic acids is 1. The number of nitro benzene ring substituents is 1. The van der Waals surface area contributed by atoms with Crippen LogP contribution >= 0.6 is 0 Å². The average molecular weight is 378 g/mol. The lowest BCUT2D eigenvalue weighted by Gasteiger charge is -2.28. The summed E-state index contributed by atoms with van der Waals surface area (Å²) in [6, 6.07) is 4.84. The predicted molar refractivity (Wildman–Crippen MR) is 96.8 cm³/mol. The Morgan fingerprint density at radius 3 is 2.70 bits per heavy atom. The minimum Gasteiger partial charge on any atom is -0.378 e. The molecule has 27 heavy (non-hydrogen) atoms. The molecule has 0 atom stereocenters. The number of morpholine rings is 1. The number of hydrogen-bond acceptors (Lipinski definition) is 8. The summed E-state index contributed by atoms with van der Waals surface area (Å²) in [5.74, 6) is -1.30. The summed E-state index contributed by atoms with van der Waals surface area (Å²) in [5.41, 5.74) is 3.44. The molecule has 2 fully saturated rings. The molecule has 2 aliphatic heterocycles. The van der Waals surface area contributed by atoms with Crippen molar-refractivity contribution in [3.8, 4) is 0 Å². The first-order valence-electron chi connectivity index (χ1n) is 8.68. The Balaban J connectivity index is 1.64. The van der Waals surface area contributed by atoms with Crippen LogP contribution in [0.4, 0.5) is 11.4 Å². The fourth-order valence-corrected chi connectivity index (χ4v) is 3.01. The molecule has 10 heteroatoms. The number of ether oxygens (including phenoxy) is 3. The highest BCUT2D eigenvalue weighted by Crippen LogP contribution is 2.29. The number of amides is 1. The van der Waals surface area contributed by atoms with Gasteiger partial charge < -0.3 is 19.1 Å². The molecule has 0 unspecified atom stereocenters. The third-order valence-electron chi connectivity index (χ3n) is 4.33. The van der Waals surface area contributed by atoms with Crippen LogP contribution in [-0.4, -0.2) is 62.3 Å². The third kappa shape index (κ3) is 5.00. The van der Waals surface area contributed by atoms with E-state index in [2.05, 4.69) is 10.5 Å². The molecule has 0 aromatic heterocycles. The molecule has 1 aromatic rings. The molecule has 0 spiro atoms. The Labute approximate surface area is 156 Å². The molecular weight excluding hydrogens is 356 g/mol. The smallest absolute Gasteiger partial charge is 0.293 e. The van der Waals surface area contributed by atoms with E-state index < -0.39 is 10.7 Å². The maximum atomic E-state index is 11.9. The van der Waals surface area contributed by atoms with Gasteiger partial charge >= 0.3 is 0 Å². The summed E-state index contributed by atoms with van der Waals surface area (Å²) >= 11 is 0. The molecule has 10 nitrogen and oxygen atoms in total. The molecule has 0 radical (unpaired) electrons. The van der Waals surface area contributed by atoms with E-state index in [9.17, 15) is 14.9 Å². The number of benzene rings is 1. The van der Waals surface area contributed by atoms with Crippen molar-refractivity contribution in [2.24, 2.45) is 5.10 Å². The van der Waals surface area contributed by atoms with E-state index in [-0.39, 0.29) is 18.0 Å². The molecule has 1 aromatic carbocycles. The fraction of sp³-hybridized carbons (Fsp3) is 0.529. The van der Waals surface area contributed by atoms with Gasteiger partial charge in [0.1, 0.15) is 5.69 Å². The molecule has 3 rings (SSSR count). The number of carbonyl (C=O) groups is 1. The van der Waals surface area contributed by atoms with Gasteiger partial charge in [0.05, 0.1) is 44.0 Å². The van der Waals surface area contributed by atoms with Gasteiger partial charge in [-0.2, -0.15) is 5.10 Å². The second-order valence-corrected chi connectivity index (χ2v) is 6.41. The average Bonchev–Trinajstić information content (AvgIpc) is 3.08. The van der Waals surface area contributed by atoms with Gasteiger partial charge in [-0.1, -0.05) is 6.07 Å². The first kappa shape index (κ1) is 19.2. The van der Waals surface area contributed by atoms with Crippen molar-refractivity contribution in [1.29, 1.82) is 0 Å². The number of hydrazone groups is 1. The van der Waals surface area contributed by atoms with Gasteiger partial charge in [-0.15, -0.1) is 0 Å². The van der Waals surface area contributed by atoms with Crippen LogP contribution in [0.3, 0.4) is 0 Å². The van der Waals surface area contributed by atoms with E-state index in [0.29, 0.717) is 50.8 Å². The molecule has 2 saturated heterocycles. The first-order valence-corrected chi connectivity index (χ1v) is 8.68. The summed E-state index contributed by atoms with van der Waals surface area (Å²) in [6.07, 6.45) is 1.38. The molecule has 146 valence electrons. The van der Waals surface area contributed by atoms with Gasteiger partial charge in [0.15, 0.2) is 5.79 Å². The number of anilines is 1. The number of nitrogens with one attached hydrogen (secondary N) is 1. The highest BCUT2D eigenvalue weighted by molar-refractivity contribution is 5.85. The van der Waals surface area contributed by atoms with Crippen molar-refractivity contribution >= 4 is 23.5 Å². The van der Waals surface area contributed by atoms with Gasteiger partial charge in [-0.3, -0.25) is 14.9 Å². The molecule has 0 bridgehead atoms. The Hall–Kier alpha value is -2.56. The van der Waals surface area contributed by atoms with Crippen molar-refractivity contribution in [2.45, 2.75) is 19.1 Å². The Kier molecular flexibility index (Phi) is 5.99. The summed E-state index contributed by atoms with van der Waals surface area (Å²) < 4.78 is 16.0. The number of hydrogen-bond donors (Lipinski definition) is 1. The van der Waals surface area contributed by atoms with Gasteiger partial charge in [0.2, 0.25) is 5.91 Å². The molecule has 1 N–H and O–H groups in total. The SMILES string of the molecule is CC1(CC(=O)N/N=C\c2ccc(N3CCOCC3)c([N+](=O)[O-])c2)OCCO1. The lowest BCUT2D eigenvalue weighted by atomic mass is 10.1. The zero-order valence-corrected chi connectivity index (χ0v) is 15.1. The van der Waals surface area contributed by atoms with Crippen LogP contribution in [0.15, 0.2) is 23.3 Å². The maximum Gasteiger partial charge on any atom is 0.293 e. The van der Waals surface area contributed by atoms with Crippen LogP contribution in [0.25, 0.3) is 0 Å². The van der Waals surface area contributed by atoms with Crippen molar-refractivity contribution < 1.29 is 23.9 Å². The normalized spacial score (nSPS) is 19.4. The van der Waals surface area contributed by atoms with Crippen LogP contribution in [0.1, 0.15) is 18.9 Å². The Morgan fingerprint density at radius 2 is 2.04 bits per heavy atom. The van der Waals surface area contributed by atoms with E-state index in [0.717, 1.165) is 0 Å². The minimum absolute atomic E-state index is 0.00700. The largest absolute Gasteiger partial charge is 0.378 e. The van der Waals surface area contributed by atoms with Gasteiger partial charge in [0.25, 0.3) is 5.69 Å². The van der Waals surface area contributed by atoms with E-state index in [1.165, 1.54) is 12.3 Å². The number of nitro groups is 1. The van der Waals surface area contributed by atoms with Gasteiger partial charge in [-0.25, -0.2) is 5.43 Å². The van der Waals surface area contributed by atoms with Gasteiger partial charge in [0, 0.05) is 24.7 Å². The lowest BCUT2D eigenvalue weighted by molar-refractivity contribution is -0.384. The first-order chi connectivity index (χ1) is 13.0. The summed E-state index contributed by atoms with van der Waals surface area (Å²) in [4.78, 5) is 24.9. The van der Waals surface area contributed by atoms with Crippen LogP contribution in [0.2, 0.25) is 0 Å². The van der Waals surface area contributed by atoms with E-state index in [4.69, 9.17) is 14.2 Å². The Morgan fingerprint density at radius 1 is 1.33 bits per heavy atom. The number of nitrogens with zero attached hydrogens (tertiary/aromatic N) is 3. The zero-order valence-electron chi connectivity index (χ0n) is 15.1. The van der Waals surface area contributed by atoms with E-state index in [1.807, 2.05) is 4.90 Å².